The second kappa shape index (κ2) is 8.22. The highest BCUT2D eigenvalue weighted by molar-refractivity contribution is 6.09. The third-order valence-corrected chi connectivity index (χ3v) is 6.68. The highest BCUT2D eigenvalue weighted by Crippen LogP contribution is 2.46. The van der Waals surface area contributed by atoms with E-state index in [1.807, 2.05) is 24.3 Å². The Labute approximate surface area is 188 Å². The third-order valence-electron chi connectivity index (χ3n) is 6.68. The number of hydrogen-bond acceptors (Lipinski definition) is 5. The van der Waals surface area contributed by atoms with Crippen molar-refractivity contribution in [1.29, 1.82) is 0 Å². The standard InChI is InChI=1S/C24H31N3O5/c1-16-11-23(2,3)15-24(12-16)21(30)27(22(31)25-24)13-20(29)32-14-19(28)26-10-6-8-17-7-4-5-9-18(17)26/h4-5,7,9,16H,6,8,10-15H2,1-3H3,(H,25,31)/t16-,24-/m0/s1. The lowest BCUT2D eigenvalue weighted by atomic mass is 9.64. The monoisotopic (exact) mass is 441 g/mol. The van der Waals surface area contributed by atoms with Gasteiger partial charge in [-0.05, 0) is 55.1 Å². The number of rotatable bonds is 4. The van der Waals surface area contributed by atoms with Crippen LogP contribution in [0.1, 0.15) is 52.0 Å². The number of urea groups is 1. The van der Waals surface area contributed by atoms with Gasteiger partial charge in [0.05, 0.1) is 0 Å². The molecule has 1 aromatic rings. The van der Waals surface area contributed by atoms with Crippen LogP contribution in [-0.2, 0) is 25.5 Å². The van der Waals surface area contributed by atoms with Crippen molar-refractivity contribution < 1.29 is 23.9 Å². The van der Waals surface area contributed by atoms with E-state index in [0.29, 0.717) is 19.4 Å². The summed E-state index contributed by atoms with van der Waals surface area (Å²) in [5.74, 6) is -1.19. The van der Waals surface area contributed by atoms with Gasteiger partial charge in [0, 0.05) is 12.2 Å². The molecular formula is C24H31N3O5. The largest absolute Gasteiger partial charge is 0.454 e. The molecule has 1 spiro atoms. The maximum absolute atomic E-state index is 13.1. The first kappa shape index (κ1) is 22.3. The van der Waals surface area contributed by atoms with Crippen molar-refractivity contribution in [3.05, 3.63) is 29.8 Å². The Morgan fingerprint density at radius 2 is 1.94 bits per heavy atom. The summed E-state index contributed by atoms with van der Waals surface area (Å²) in [7, 11) is 0. The first-order valence-electron chi connectivity index (χ1n) is 11.3. The molecule has 4 amide bonds. The first-order valence-corrected chi connectivity index (χ1v) is 11.3. The summed E-state index contributed by atoms with van der Waals surface area (Å²) in [5, 5.41) is 2.84. The second-order valence-corrected chi connectivity index (χ2v) is 10.2. The summed E-state index contributed by atoms with van der Waals surface area (Å²) in [6, 6.07) is 7.10. The highest BCUT2D eigenvalue weighted by Gasteiger charge is 2.56. The quantitative estimate of drug-likeness (QED) is 0.572. The van der Waals surface area contributed by atoms with Crippen LogP contribution in [0.2, 0.25) is 0 Å². The van der Waals surface area contributed by atoms with Gasteiger partial charge in [-0.3, -0.25) is 19.3 Å². The van der Waals surface area contributed by atoms with Gasteiger partial charge in [-0.15, -0.1) is 0 Å². The van der Waals surface area contributed by atoms with Crippen molar-refractivity contribution in [3.8, 4) is 0 Å². The molecule has 172 valence electrons. The van der Waals surface area contributed by atoms with E-state index in [1.54, 1.807) is 4.90 Å². The van der Waals surface area contributed by atoms with Crippen LogP contribution in [0.15, 0.2) is 24.3 Å². The Kier molecular flexibility index (Phi) is 5.73. The number of nitrogens with one attached hydrogen (secondary N) is 1. The summed E-state index contributed by atoms with van der Waals surface area (Å²) in [4.78, 5) is 53.3. The Hall–Kier alpha value is -2.90. The van der Waals surface area contributed by atoms with Crippen molar-refractivity contribution in [3.63, 3.8) is 0 Å². The smallest absolute Gasteiger partial charge is 0.326 e. The van der Waals surface area contributed by atoms with Crippen molar-refractivity contribution in [2.45, 2.75) is 58.4 Å². The molecule has 1 aromatic carbocycles. The number of amides is 4. The molecule has 1 saturated carbocycles. The molecule has 1 N–H and O–H groups in total. The van der Waals surface area contributed by atoms with Gasteiger partial charge in [-0.1, -0.05) is 39.0 Å². The van der Waals surface area contributed by atoms with Crippen LogP contribution in [0.4, 0.5) is 10.5 Å². The van der Waals surface area contributed by atoms with Crippen LogP contribution < -0.4 is 10.2 Å². The van der Waals surface area contributed by atoms with Crippen LogP contribution in [0, 0.1) is 11.3 Å². The Bertz CT molecular complexity index is 959. The molecule has 0 unspecified atom stereocenters. The summed E-state index contributed by atoms with van der Waals surface area (Å²) >= 11 is 0. The number of anilines is 1. The second-order valence-electron chi connectivity index (χ2n) is 10.2. The summed E-state index contributed by atoms with van der Waals surface area (Å²) in [5.41, 5.74) is 0.873. The Balaban J connectivity index is 1.36. The molecule has 8 heteroatoms. The number of aryl methyl sites for hydroxylation is 1. The zero-order chi connectivity index (χ0) is 23.1. The lowest BCUT2D eigenvalue weighted by Crippen LogP contribution is -2.54. The molecule has 0 aromatic heterocycles. The van der Waals surface area contributed by atoms with Crippen molar-refractivity contribution >= 4 is 29.5 Å². The first-order chi connectivity index (χ1) is 15.1. The number of para-hydroxylation sites is 1. The molecule has 1 aliphatic carbocycles. The normalized spacial score (nSPS) is 26.7. The van der Waals surface area contributed by atoms with Gasteiger partial charge in [0.25, 0.3) is 11.8 Å². The molecule has 3 aliphatic rings. The lowest BCUT2D eigenvalue weighted by Gasteiger charge is -2.43. The number of imide groups is 1. The Morgan fingerprint density at radius 3 is 2.69 bits per heavy atom. The van der Waals surface area contributed by atoms with Gasteiger partial charge >= 0.3 is 12.0 Å². The molecule has 32 heavy (non-hydrogen) atoms. The average Bonchev–Trinajstić information content (AvgIpc) is 2.93. The van der Waals surface area contributed by atoms with Gasteiger partial charge in [-0.25, -0.2) is 4.79 Å². The fourth-order valence-corrected chi connectivity index (χ4v) is 5.84. The lowest BCUT2D eigenvalue weighted by molar-refractivity contribution is -0.151. The maximum Gasteiger partial charge on any atom is 0.326 e. The molecule has 0 radical (unpaired) electrons. The third kappa shape index (κ3) is 4.23. The van der Waals surface area contributed by atoms with Crippen molar-refractivity contribution in [1.82, 2.24) is 10.2 Å². The van der Waals surface area contributed by atoms with Gasteiger partial charge in [0.1, 0.15) is 12.1 Å². The van der Waals surface area contributed by atoms with Gasteiger partial charge in [0.15, 0.2) is 6.61 Å². The van der Waals surface area contributed by atoms with E-state index < -0.39 is 30.7 Å². The fraction of sp³-hybridized carbons (Fsp3) is 0.583. The van der Waals surface area contributed by atoms with E-state index in [1.165, 1.54) is 0 Å². The molecule has 4 rings (SSSR count). The molecule has 8 nitrogen and oxygen atoms in total. The van der Waals surface area contributed by atoms with Crippen molar-refractivity contribution in [2.75, 3.05) is 24.6 Å². The fourth-order valence-electron chi connectivity index (χ4n) is 5.84. The topological polar surface area (TPSA) is 96.0 Å². The van der Waals surface area contributed by atoms with E-state index in [2.05, 4.69) is 26.1 Å². The summed E-state index contributed by atoms with van der Waals surface area (Å²) in [6.07, 6.45) is 3.81. The number of esters is 1. The van der Waals surface area contributed by atoms with Crippen LogP contribution in [0.5, 0.6) is 0 Å². The van der Waals surface area contributed by atoms with E-state index in [-0.39, 0.29) is 23.1 Å². The van der Waals surface area contributed by atoms with E-state index in [4.69, 9.17) is 4.74 Å². The number of fused-ring (bicyclic) bond motifs is 1. The molecule has 0 bridgehead atoms. The van der Waals surface area contributed by atoms with Gasteiger partial charge < -0.3 is 15.0 Å². The van der Waals surface area contributed by atoms with E-state index >= 15 is 0 Å². The predicted molar refractivity (Wildman–Crippen MR) is 118 cm³/mol. The van der Waals surface area contributed by atoms with Crippen LogP contribution in [-0.4, -0.2) is 54.0 Å². The summed E-state index contributed by atoms with van der Waals surface area (Å²) in [6.45, 7) is 5.90. The van der Waals surface area contributed by atoms with Crippen LogP contribution in [0.25, 0.3) is 0 Å². The van der Waals surface area contributed by atoms with Crippen LogP contribution in [0.3, 0.4) is 0 Å². The maximum atomic E-state index is 13.1. The highest BCUT2D eigenvalue weighted by atomic mass is 16.5. The molecule has 2 aliphatic heterocycles. The van der Waals surface area contributed by atoms with Gasteiger partial charge in [-0.2, -0.15) is 0 Å². The molecule has 2 heterocycles. The molecule has 2 atom stereocenters. The number of nitrogens with zero attached hydrogens (tertiary/aromatic N) is 2. The zero-order valence-electron chi connectivity index (χ0n) is 19.0. The minimum Gasteiger partial charge on any atom is -0.454 e. The minimum absolute atomic E-state index is 0.0890. The zero-order valence-corrected chi connectivity index (χ0v) is 19.0. The number of hydrogen-bond donors (Lipinski definition) is 1. The summed E-state index contributed by atoms with van der Waals surface area (Å²) < 4.78 is 5.16. The molecule has 2 fully saturated rings. The average molecular weight is 442 g/mol. The van der Waals surface area contributed by atoms with Gasteiger partial charge in [0.2, 0.25) is 0 Å². The minimum atomic E-state index is -0.966. The number of ether oxygens (including phenoxy) is 1. The predicted octanol–water partition coefficient (Wildman–Crippen LogP) is 2.65. The number of carbonyl (C=O) groups is 4. The number of benzene rings is 1. The Morgan fingerprint density at radius 1 is 1.19 bits per heavy atom. The number of carbonyl (C=O) groups excluding carboxylic acids is 4. The van der Waals surface area contributed by atoms with Crippen molar-refractivity contribution in [2.24, 2.45) is 11.3 Å². The van der Waals surface area contributed by atoms with Crippen LogP contribution >= 0.6 is 0 Å². The SMILES string of the molecule is C[C@H]1CC(C)(C)C[C@]2(C1)NC(=O)N(CC(=O)OCC(=O)N1CCCc3ccccc31)C2=O. The van der Waals surface area contributed by atoms with E-state index in [0.717, 1.165) is 35.4 Å². The van der Waals surface area contributed by atoms with E-state index in [9.17, 15) is 19.2 Å². The molecule has 1 saturated heterocycles. The molecular weight excluding hydrogens is 410 g/mol.